The van der Waals surface area contributed by atoms with Crippen LogP contribution in [0.3, 0.4) is 0 Å². The second-order valence-electron chi connectivity index (χ2n) is 4.54. The van der Waals surface area contributed by atoms with Crippen LogP contribution in [0.5, 0.6) is 0 Å². The number of hydrogen-bond acceptors (Lipinski definition) is 3. The van der Waals surface area contributed by atoms with E-state index in [0.717, 1.165) is 16.7 Å². The monoisotopic (exact) mass is 231 g/mol. The summed E-state index contributed by atoms with van der Waals surface area (Å²) in [5, 5.41) is 3.14. The van der Waals surface area contributed by atoms with E-state index in [1.165, 1.54) is 0 Å². The molecule has 17 heavy (non-hydrogen) atoms. The Morgan fingerprint density at radius 3 is 2.65 bits per heavy atom. The molecule has 1 N–H and O–H groups in total. The van der Waals surface area contributed by atoms with E-state index in [9.17, 15) is 4.79 Å². The predicted octanol–water partition coefficient (Wildman–Crippen LogP) is 1.54. The number of carbonyl (C=O) groups is 1. The first kappa shape index (κ1) is 13.6. The lowest BCUT2D eigenvalue weighted by molar-refractivity contribution is -0.147. The lowest BCUT2D eigenvalue weighted by Gasteiger charge is -2.25. The summed E-state index contributed by atoms with van der Waals surface area (Å²) in [6, 6.07) is 5.58. The Kier molecular flexibility index (Phi) is 4.21. The summed E-state index contributed by atoms with van der Waals surface area (Å²) < 4.78 is 5.01. The van der Waals surface area contributed by atoms with Crippen molar-refractivity contribution in [3.05, 3.63) is 23.8 Å². The van der Waals surface area contributed by atoms with Crippen molar-refractivity contribution in [2.24, 2.45) is 0 Å². The second-order valence-corrected chi connectivity index (χ2v) is 4.54. The van der Waals surface area contributed by atoms with Gasteiger partial charge in [-0.2, -0.15) is 0 Å². The van der Waals surface area contributed by atoms with Gasteiger partial charge < -0.3 is 10.1 Å². The van der Waals surface area contributed by atoms with Gasteiger partial charge in [-0.25, -0.2) is 4.79 Å². The number of rotatable bonds is 4. The lowest BCUT2D eigenvalue weighted by atomic mass is 9.91. The van der Waals surface area contributed by atoms with Crippen molar-refractivity contribution in [3.8, 4) is 0 Å². The molecule has 0 heterocycles. The molecule has 0 aliphatic heterocycles. The Hall–Kier alpha value is -1.45. The average molecular weight is 231 g/mol. The molecule has 0 atom stereocenters. The van der Waals surface area contributed by atoms with Crippen molar-refractivity contribution < 1.29 is 9.53 Å². The highest BCUT2D eigenvalue weighted by molar-refractivity contribution is 6.33. The van der Waals surface area contributed by atoms with E-state index in [0.29, 0.717) is 6.61 Å². The second kappa shape index (κ2) is 5.26. The summed E-state index contributed by atoms with van der Waals surface area (Å²) in [6.07, 6.45) is 0. The highest BCUT2D eigenvalue weighted by atomic mass is 16.5. The van der Waals surface area contributed by atoms with E-state index in [4.69, 9.17) is 12.6 Å². The van der Waals surface area contributed by atoms with Crippen LogP contribution in [0.2, 0.25) is 0 Å². The van der Waals surface area contributed by atoms with Crippen molar-refractivity contribution in [1.82, 2.24) is 0 Å². The third kappa shape index (κ3) is 3.51. The van der Waals surface area contributed by atoms with Gasteiger partial charge in [0.15, 0.2) is 0 Å². The summed E-state index contributed by atoms with van der Waals surface area (Å²) >= 11 is 0. The Morgan fingerprint density at radius 2 is 2.12 bits per heavy atom. The fourth-order valence-corrected chi connectivity index (χ4v) is 1.48. The fraction of sp³-hybridized carbons (Fsp3) is 0.462. The molecule has 90 valence electrons. The summed E-state index contributed by atoms with van der Waals surface area (Å²) in [5.74, 6) is -0.269. The molecule has 0 aromatic heterocycles. The van der Waals surface area contributed by atoms with Crippen LogP contribution in [-0.2, 0) is 9.53 Å². The number of benzene rings is 1. The number of anilines is 1. The first-order valence-corrected chi connectivity index (χ1v) is 5.68. The predicted molar refractivity (Wildman–Crippen MR) is 70.9 cm³/mol. The van der Waals surface area contributed by atoms with Gasteiger partial charge in [0.05, 0.1) is 6.61 Å². The molecule has 4 heteroatoms. The fourth-order valence-electron chi connectivity index (χ4n) is 1.48. The van der Waals surface area contributed by atoms with Crippen LogP contribution >= 0.6 is 0 Å². The lowest BCUT2D eigenvalue weighted by Crippen LogP contribution is -2.41. The van der Waals surface area contributed by atoms with Crippen LogP contribution in [0.15, 0.2) is 18.2 Å². The minimum Gasteiger partial charge on any atom is -0.464 e. The maximum absolute atomic E-state index is 11.7. The third-order valence-electron chi connectivity index (χ3n) is 2.51. The molecule has 1 rings (SSSR count). The van der Waals surface area contributed by atoms with E-state index in [1.807, 2.05) is 25.1 Å². The molecular weight excluding hydrogens is 213 g/mol. The average Bonchev–Trinajstić information content (AvgIpc) is 2.23. The highest BCUT2D eigenvalue weighted by Gasteiger charge is 2.28. The molecule has 1 aromatic rings. The van der Waals surface area contributed by atoms with Crippen LogP contribution in [0, 0.1) is 6.92 Å². The van der Waals surface area contributed by atoms with Gasteiger partial charge in [-0.3, -0.25) is 0 Å². The summed E-state index contributed by atoms with van der Waals surface area (Å²) in [5.41, 5.74) is 1.83. The molecular formula is C13H18BNO2. The summed E-state index contributed by atoms with van der Waals surface area (Å²) in [4.78, 5) is 11.7. The standard InChI is InChI=1S/C13H18BNO2/c1-5-17-12(16)13(3,4)15-10-6-7-11(14)9(2)8-10/h6-8,15H,5H2,1-4H3. The van der Waals surface area contributed by atoms with Gasteiger partial charge in [-0.05, 0) is 39.8 Å². The molecule has 0 bridgehead atoms. The zero-order valence-corrected chi connectivity index (χ0v) is 10.8. The zero-order chi connectivity index (χ0) is 13.1. The van der Waals surface area contributed by atoms with Crippen molar-refractivity contribution in [2.45, 2.75) is 33.2 Å². The maximum atomic E-state index is 11.7. The van der Waals surface area contributed by atoms with E-state index in [-0.39, 0.29) is 5.97 Å². The Bertz CT molecular complexity index is 416. The highest BCUT2D eigenvalue weighted by Crippen LogP contribution is 2.16. The first-order chi connectivity index (χ1) is 7.86. The molecule has 0 saturated heterocycles. The normalized spacial score (nSPS) is 11.1. The number of aryl methyl sites for hydroxylation is 1. The first-order valence-electron chi connectivity index (χ1n) is 5.68. The quantitative estimate of drug-likeness (QED) is 0.631. The number of esters is 1. The van der Waals surface area contributed by atoms with Crippen LogP contribution in [0.1, 0.15) is 26.3 Å². The van der Waals surface area contributed by atoms with E-state index < -0.39 is 5.54 Å². The number of carbonyl (C=O) groups excluding carboxylic acids is 1. The molecule has 2 radical (unpaired) electrons. The van der Waals surface area contributed by atoms with Gasteiger partial charge in [-0.1, -0.05) is 17.1 Å². The van der Waals surface area contributed by atoms with Gasteiger partial charge in [0.2, 0.25) is 0 Å². The molecule has 0 aliphatic rings. The largest absolute Gasteiger partial charge is 0.464 e. The van der Waals surface area contributed by atoms with Crippen LogP contribution in [-0.4, -0.2) is 26.0 Å². The van der Waals surface area contributed by atoms with E-state index >= 15 is 0 Å². The van der Waals surface area contributed by atoms with E-state index in [1.54, 1.807) is 20.8 Å². The van der Waals surface area contributed by atoms with Gasteiger partial charge in [0.25, 0.3) is 0 Å². The van der Waals surface area contributed by atoms with Gasteiger partial charge in [0.1, 0.15) is 13.4 Å². The van der Waals surface area contributed by atoms with Gasteiger partial charge in [0, 0.05) is 5.69 Å². The van der Waals surface area contributed by atoms with Crippen molar-refractivity contribution >= 4 is 25.0 Å². The number of nitrogens with one attached hydrogen (secondary N) is 1. The number of hydrogen-bond donors (Lipinski definition) is 1. The minimum atomic E-state index is -0.751. The molecule has 0 spiro atoms. The number of ether oxygens (including phenoxy) is 1. The topological polar surface area (TPSA) is 38.3 Å². The molecule has 0 fully saturated rings. The smallest absolute Gasteiger partial charge is 0.331 e. The van der Waals surface area contributed by atoms with Crippen LogP contribution in [0.4, 0.5) is 5.69 Å². The van der Waals surface area contributed by atoms with Gasteiger partial charge >= 0.3 is 5.97 Å². The SMILES string of the molecule is [B]c1ccc(NC(C)(C)C(=O)OCC)cc1C. The van der Waals surface area contributed by atoms with Crippen LogP contribution < -0.4 is 10.8 Å². The Balaban J connectivity index is 2.82. The molecule has 0 aliphatic carbocycles. The zero-order valence-electron chi connectivity index (χ0n) is 10.8. The molecule has 0 unspecified atom stereocenters. The summed E-state index contributed by atoms with van der Waals surface area (Å²) in [7, 11) is 5.74. The van der Waals surface area contributed by atoms with Crippen molar-refractivity contribution in [2.75, 3.05) is 11.9 Å². The molecule has 3 nitrogen and oxygen atoms in total. The molecule has 0 saturated carbocycles. The van der Waals surface area contributed by atoms with E-state index in [2.05, 4.69) is 5.32 Å². The molecule has 1 aromatic carbocycles. The third-order valence-corrected chi connectivity index (χ3v) is 2.51. The van der Waals surface area contributed by atoms with Gasteiger partial charge in [-0.15, -0.1) is 0 Å². The van der Waals surface area contributed by atoms with Crippen molar-refractivity contribution in [1.29, 1.82) is 0 Å². The maximum Gasteiger partial charge on any atom is 0.331 e. The van der Waals surface area contributed by atoms with Crippen LogP contribution in [0.25, 0.3) is 0 Å². The minimum absolute atomic E-state index is 0.269. The Labute approximate surface area is 104 Å². The van der Waals surface area contributed by atoms with Crippen molar-refractivity contribution in [3.63, 3.8) is 0 Å². The summed E-state index contributed by atoms with van der Waals surface area (Å²) in [6.45, 7) is 7.68. The molecule has 0 amide bonds. The Morgan fingerprint density at radius 1 is 1.47 bits per heavy atom.